The number of benzene rings is 1. The van der Waals surface area contributed by atoms with Crippen molar-refractivity contribution in [2.45, 2.75) is 36.5 Å². The predicted octanol–water partition coefficient (Wildman–Crippen LogP) is 3.30. The van der Waals surface area contributed by atoms with Gasteiger partial charge >= 0.3 is 0 Å². The monoisotopic (exact) mass is 275 g/mol. The van der Waals surface area contributed by atoms with Gasteiger partial charge in [0, 0.05) is 29.4 Å². The molecule has 0 saturated heterocycles. The summed E-state index contributed by atoms with van der Waals surface area (Å²) in [7, 11) is 1.94. The van der Waals surface area contributed by atoms with E-state index in [9.17, 15) is 0 Å². The summed E-state index contributed by atoms with van der Waals surface area (Å²) in [5.74, 6) is 0. The number of thioether (sulfide) groups is 1. The van der Waals surface area contributed by atoms with Crippen LogP contribution in [-0.2, 0) is 7.05 Å². The molecule has 2 rings (SSSR count). The van der Waals surface area contributed by atoms with Gasteiger partial charge in [-0.15, -0.1) is 11.8 Å². The van der Waals surface area contributed by atoms with Crippen LogP contribution in [0.2, 0.25) is 0 Å². The summed E-state index contributed by atoms with van der Waals surface area (Å²) in [4.78, 5) is 1.16. The van der Waals surface area contributed by atoms with Gasteiger partial charge in [0.15, 0.2) is 0 Å². The molecule has 2 unspecified atom stereocenters. The highest BCUT2D eigenvalue weighted by molar-refractivity contribution is 7.99. The fraction of sp³-hybridized carbons (Fsp3) is 0.400. The Kier molecular flexibility index (Phi) is 4.66. The third-order valence-corrected chi connectivity index (χ3v) is 4.57. The maximum Gasteiger partial charge on any atom is 0.0626 e. The summed E-state index contributed by atoms with van der Waals surface area (Å²) in [5, 5.41) is 4.49. The van der Waals surface area contributed by atoms with Gasteiger partial charge in [0.05, 0.1) is 6.20 Å². The summed E-state index contributed by atoms with van der Waals surface area (Å²) in [5.41, 5.74) is 8.86. The summed E-state index contributed by atoms with van der Waals surface area (Å²) >= 11 is 1.79. The lowest BCUT2D eigenvalue weighted by Crippen LogP contribution is -2.25. The van der Waals surface area contributed by atoms with E-state index in [-0.39, 0.29) is 11.3 Å². The molecule has 2 atom stereocenters. The molecule has 19 heavy (non-hydrogen) atoms. The molecule has 0 saturated carbocycles. The number of aromatic nitrogens is 2. The molecule has 1 aromatic heterocycles. The minimum atomic E-state index is 0.146. The van der Waals surface area contributed by atoms with Crippen LogP contribution in [0.4, 0.5) is 0 Å². The molecule has 2 aromatic rings. The number of hydrogen-bond acceptors (Lipinski definition) is 3. The standard InChI is InChI=1S/C15H21N3S/c1-4-14(16)15(12-7-5-11(2)6-8-12)19-13-9-17-18(3)10-13/h5-10,14-15H,4,16H2,1-3H3. The summed E-state index contributed by atoms with van der Waals surface area (Å²) < 4.78 is 1.83. The quantitative estimate of drug-likeness (QED) is 0.851. The molecule has 4 heteroatoms. The molecule has 3 nitrogen and oxygen atoms in total. The van der Waals surface area contributed by atoms with Crippen LogP contribution in [0.5, 0.6) is 0 Å². The number of hydrogen-bond donors (Lipinski definition) is 1. The molecule has 0 aliphatic carbocycles. The van der Waals surface area contributed by atoms with Crippen LogP contribution in [0, 0.1) is 6.92 Å². The van der Waals surface area contributed by atoms with Crippen LogP contribution < -0.4 is 5.73 Å². The second kappa shape index (κ2) is 6.26. The second-order valence-corrected chi connectivity index (χ2v) is 6.09. The number of nitrogens with two attached hydrogens (primary N) is 1. The third kappa shape index (κ3) is 3.61. The molecule has 0 fully saturated rings. The lowest BCUT2D eigenvalue weighted by Gasteiger charge is -2.22. The van der Waals surface area contributed by atoms with E-state index in [1.165, 1.54) is 11.1 Å². The van der Waals surface area contributed by atoms with Gasteiger partial charge in [0.2, 0.25) is 0 Å². The van der Waals surface area contributed by atoms with Gasteiger partial charge in [-0.3, -0.25) is 4.68 Å². The number of nitrogens with zero attached hydrogens (tertiary/aromatic N) is 2. The minimum absolute atomic E-state index is 0.146. The van der Waals surface area contributed by atoms with Gasteiger partial charge in [-0.1, -0.05) is 36.8 Å². The van der Waals surface area contributed by atoms with Crippen molar-refractivity contribution in [1.29, 1.82) is 0 Å². The van der Waals surface area contributed by atoms with E-state index in [1.807, 2.05) is 24.1 Å². The topological polar surface area (TPSA) is 43.8 Å². The average molecular weight is 275 g/mol. The average Bonchev–Trinajstić information content (AvgIpc) is 2.82. The summed E-state index contributed by atoms with van der Waals surface area (Å²) in [6, 6.07) is 8.80. The van der Waals surface area contributed by atoms with Crippen LogP contribution in [0.3, 0.4) is 0 Å². The lowest BCUT2D eigenvalue weighted by molar-refractivity contribution is 0.634. The molecule has 0 aliphatic heterocycles. The molecule has 1 heterocycles. The van der Waals surface area contributed by atoms with Crippen LogP contribution in [0.15, 0.2) is 41.6 Å². The third-order valence-electron chi connectivity index (χ3n) is 3.21. The van der Waals surface area contributed by atoms with Crippen molar-refractivity contribution in [3.63, 3.8) is 0 Å². The number of aryl methyl sites for hydroxylation is 2. The molecule has 2 N–H and O–H groups in total. The smallest absolute Gasteiger partial charge is 0.0626 e. The van der Waals surface area contributed by atoms with Crippen molar-refractivity contribution in [3.05, 3.63) is 47.8 Å². The first-order valence-electron chi connectivity index (χ1n) is 6.57. The molecule has 0 radical (unpaired) electrons. The zero-order chi connectivity index (χ0) is 13.8. The largest absolute Gasteiger partial charge is 0.326 e. The Morgan fingerprint density at radius 2 is 2.00 bits per heavy atom. The molecule has 1 aromatic carbocycles. The molecule has 102 valence electrons. The van der Waals surface area contributed by atoms with E-state index in [0.29, 0.717) is 0 Å². The number of rotatable bonds is 5. The van der Waals surface area contributed by atoms with Gasteiger partial charge in [0.1, 0.15) is 0 Å². The van der Waals surface area contributed by atoms with E-state index >= 15 is 0 Å². The molecule has 0 aliphatic rings. The first-order valence-corrected chi connectivity index (χ1v) is 7.45. The molecule has 0 spiro atoms. The first kappa shape index (κ1) is 14.2. The molecule has 0 amide bonds. The Bertz CT molecular complexity index is 518. The lowest BCUT2D eigenvalue weighted by atomic mass is 10.0. The summed E-state index contributed by atoms with van der Waals surface area (Å²) in [6.07, 6.45) is 4.90. The van der Waals surface area contributed by atoms with E-state index < -0.39 is 0 Å². The molecular formula is C15H21N3S. The van der Waals surface area contributed by atoms with Crippen molar-refractivity contribution < 1.29 is 0 Å². The van der Waals surface area contributed by atoms with Crippen molar-refractivity contribution >= 4 is 11.8 Å². The predicted molar refractivity (Wildman–Crippen MR) is 81.3 cm³/mol. The Labute approximate surface area is 119 Å². The van der Waals surface area contributed by atoms with Crippen LogP contribution in [-0.4, -0.2) is 15.8 Å². The molecular weight excluding hydrogens is 254 g/mol. The van der Waals surface area contributed by atoms with E-state index in [0.717, 1.165) is 11.3 Å². The van der Waals surface area contributed by atoms with Gasteiger partial charge in [-0.2, -0.15) is 5.10 Å². The van der Waals surface area contributed by atoms with Gasteiger partial charge in [-0.25, -0.2) is 0 Å². The van der Waals surface area contributed by atoms with Crippen molar-refractivity contribution in [2.75, 3.05) is 0 Å². The SMILES string of the molecule is CCC(N)C(Sc1cnn(C)c1)c1ccc(C)cc1. The minimum Gasteiger partial charge on any atom is -0.326 e. The van der Waals surface area contributed by atoms with Crippen LogP contribution in [0.1, 0.15) is 29.7 Å². The van der Waals surface area contributed by atoms with Crippen LogP contribution in [0.25, 0.3) is 0 Å². The van der Waals surface area contributed by atoms with Crippen LogP contribution >= 0.6 is 11.8 Å². The van der Waals surface area contributed by atoms with Gasteiger partial charge in [0.25, 0.3) is 0 Å². The van der Waals surface area contributed by atoms with E-state index in [2.05, 4.69) is 43.2 Å². The van der Waals surface area contributed by atoms with E-state index in [4.69, 9.17) is 5.73 Å². The maximum atomic E-state index is 6.29. The zero-order valence-corrected chi connectivity index (χ0v) is 12.5. The highest BCUT2D eigenvalue weighted by Crippen LogP contribution is 2.37. The zero-order valence-electron chi connectivity index (χ0n) is 11.7. The van der Waals surface area contributed by atoms with Crippen molar-refractivity contribution in [1.82, 2.24) is 9.78 Å². The van der Waals surface area contributed by atoms with Gasteiger partial charge < -0.3 is 5.73 Å². The molecule has 0 bridgehead atoms. The Hall–Kier alpha value is -1.26. The summed E-state index contributed by atoms with van der Waals surface area (Å²) in [6.45, 7) is 4.24. The van der Waals surface area contributed by atoms with Crippen molar-refractivity contribution in [2.24, 2.45) is 12.8 Å². The highest BCUT2D eigenvalue weighted by Gasteiger charge is 2.20. The van der Waals surface area contributed by atoms with E-state index in [1.54, 1.807) is 11.8 Å². The second-order valence-electron chi connectivity index (χ2n) is 4.87. The Morgan fingerprint density at radius 3 is 2.53 bits per heavy atom. The fourth-order valence-corrected chi connectivity index (χ4v) is 3.25. The maximum absolute atomic E-state index is 6.29. The van der Waals surface area contributed by atoms with Gasteiger partial charge in [-0.05, 0) is 18.9 Å². The Balaban J connectivity index is 2.23. The Morgan fingerprint density at radius 1 is 1.32 bits per heavy atom. The normalized spacial score (nSPS) is 14.3. The van der Waals surface area contributed by atoms with Crippen molar-refractivity contribution in [3.8, 4) is 0 Å². The first-order chi connectivity index (χ1) is 9.10. The highest BCUT2D eigenvalue weighted by atomic mass is 32.2. The fourth-order valence-electron chi connectivity index (χ4n) is 1.98.